The van der Waals surface area contributed by atoms with Gasteiger partial charge in [0.25, 0.3) is 0 Å². The fourth-order valence-electron chi connectivity index (χ4n) is 1.53. The van der Waals surface area contributed by atoms with Crippen molar-refractivity contribution in [2.45, 2.75) is 13.3 Å². The second-order valence-electron chi connectivity index (χ2n) is 3.73. The molecular weight excluding hydrogens is 188 g/mol. The van der Waals surface area contributed by atoms with Crippen LogP contribution in [0.5, 0.6) is 0 Å². The van der Waals surface area contributed by atoms with E-state index in [2.05, 4.69) is 6.58 Å². The molecule has 0 aliphatic rings. The van der Waals surface area contributed by atoms with E-state index in [0.717, 1.165) is 5.56 Å². The second kappa shape index (κ2) is 5.35. The molecule has 2 heteroatoms. The van der Waals surface area contributed by atoms with E-state index in [1.165, 1.54) is 0 Å². The van der Waals surface area contributed by atoms with Gasteiger partial charge in [0, 0.05) is 0 Å². The number of benzene rings is 1. The highest BCUT2D eigenvalue weighted by Gasteiger charge is 2.22. The van der Waals surface area contributed by atoms with E-state index in [9.17, 15) is 4.79 Å². The van der Waals surface area contributed by atoms with Crippen molar-refractivity contribution in [3.63, 3.8) is 0 Å². The lowest BCUT2D eigenvalue weighted by atomic mass is 9.88. The van der Waals surface area contributed by atoms with Crippen LogP contribution in [0.15, 0.2) is 43.0 Å². The standard InChI is InChI=1S/C13H16O2/c1-3-10(2)12(13(14)15)9-11-7-5-4-6-8-11/h3-8,10,12H,1,9H2,2H3,(H,14,15)/t10-,12-/m1/s1. The minimum absolute atomic E-state index is 0.0114. The Balaban J connectivity index is 2.76. The minimum atomic E-state index is -0.758. The minimum Gasteiger partial charge on any atom is -0.481 e. The quantitative estimate of drug-likeness (QED) is 0.749. The molecule has 0 radical (unpaired) electrons. The Morgan fingerprint density at radius 3 is 2.53 bits per heavy atom. The molecule has 80 valence electrons. The molecule has 0 bridgehead atoms. The van der Waals surface area contributed by atoms with Crippen LogP contribution in [0, 0.1) is 11.8 Å². The van der Waals surface area contributed by atoms with Crippen molar-refractivity contribution in [3.05, 3.63) is 48.6 Å². The Kier molecular flexibility index (Phi) is 4.10. The molecule has 15 heavy (non-hydrogen) atoms. The van der Waals surface area contributed by atoms with E-state index in [4.69, 9.17) is 5.11 Å². The number of carbonyl (C=O) groups is 1. The Morgan fingerprint density at radius 1 is 1.47 bits per heavy atom. The Bertz CT molecular complexity index is 330. The maximum Gasteiger partial charge on any atom is 0.307 e. The van der Waals surface area contributed by atoms with Gasteiger partial charge in [-0.1, -0.05) is 43.3 Å². The third-order valence-corrected chi connectivity index (χ3v) is 2.62. The molecule has 0 heterocycles. The zero-order chi connectivity index (χ0) is 11.3. The van der Waals surface area contributed by atoms with Gasteiger partial charge in [-0.3, -0.25) is 4.79 Å². The first kappa shape index (κ1) is 11.5. The Morgan fingerprint density at radius 2 is 2.07 bits per heavy atom. The molecule has 0 aliphatic heterocycles. The normalized spacial score (nSPS) is 14.2. The van der Waals surface area contributed by atoms with Gasteiger partial charge in [-0.15, -0.1) is 6.58 Å². The molecule has 1 rings (SSSR count). The molecule has 1 aromatic rings. The number of carboxylic acids is 1. The molecule has 0 spiro atoms. The predicted molar refractivity (Wildman–Crippen MR) is 60.6 cm³/mol. The molecule has 0 saturated carbocycles. The van der Waals surface area contributed by atoms with Gasteiger partial charge in [-0.25, -0.2) is 0 Å². The summed E-state index contributed by atoms with van der Waals surface area (Å²) in [5.41, 5.74) is 1.05. The van der Waals surface area contributed by atoms with E-state index in [1.807, 2.05) is 37.3 Å². The van der Waals surface area contributed by atoms with Gasteiger partial charge >= 0.3 is 5.97 Å². The number of carboxylic acid groups (broad SMARTS) is 1. The molecule has 2 atom stereocenters. The van der Waals surface area contributed by atoms with E-state index < -0.39 is 5.97 Å². The predicted octanol–water partition coefficient (Wildman–Crippen LogP) is 2.75. The van der Waals surface area contributed by atoms with E-state index in [0.29, 0.717) is 6.42 Å². The number of allylic oxidation sites excluding steroid dienone is 1. The summed E-state index contributed by atoms with van der Waals surface area (Å²) in [5, 5.41) is 9.09. The van der Waals surface area contributed by atoms with Crippen LogP contribution in [0.3, 0.4) is 0 Å². The Hall–Kier alpha value is -1.57. The van der Waals surface area contributed by atoms with Gasteiger partial charge in [-0.2, -0.15) is 0 Å². The van der Waals surface area contributed by atoms with Crippen LogP contribution in [-0.2, 0) is 11.2 Å². The van der Waals surface area contributed by atoms with Crippen LogP contribution in [0.4, 0.5) is 0 Å². The van der Waals surface area contributed by atoms with Crippen molar-refractivity contribution in [1.29, 1.82) is 0 Å². The summed E-state index contributed by atoms with van der Waals surface area (Å²) in [6, 6.07) is 9.67. The first-order valence-corrected chi connectivity index (χ1v) is 5.04. The topological polar surface area (TPSA) is 37.3 Å². The van der Waals surface area contributed by atoms with Crippen molar-refractivity contribution >= 4 is 5.97 Å². The van der Waals surface area contributed by atoms with E-state index >= 15 is 0 Å². The van der Waals surface area contributed by atoms with Gasteiger partial charge in [0.1, 0.15) is 0 Å². The highest BCUT2D eigenvalue weighted by atomic mass is 16.4. The third-order valence-electron chi connectivity index (χ3n) is 2.62. The number of hydrogen-bond donors (Lipinski definition) is 1. The zero-order valence-electron chi connectivity index (χ0n) is 8.89. The maximum atomic E-state index is 11.1. The number of hydrogen-bond acceptors (Lipinski definition) is 1. The van der Waals surface area contributed by atoms with Crippen LogP contribution in [0.2, 0.25) is 0 Å². The van der Waals surface area contributed by atoms with Crippen molar-refractivity contribution < 1.29 is 9.90 Å². The number of rotatable bonds is 5. The zero-order valence-corrected chi connectivity index (χ0v) is 8.89. The summed E-state index contributed by atoms with van der Waals surface area (Å²) >= 11 is 0. The lowest BCUT2D eigenvalue weighted by molar-refractivity contribution is -0.142. The highest BCUT2D eigenvalue weighted by molar-refractivity contribution is 5.71. The summed E-state index contributed by atoms with van der Waals surface area (Å²) in [4.78, 5) is 11.1. The van der Waals surface area contributed by atoms with E-state index in [1.54, 1.807) is 6.08 Å². The lowest BCUT2D eigenvalue weighted by Gasteiger charge is -2.16. The first-order valence-electron chi connectivity index (χ1n) is 5.04. The molecular formula is C13H16O2. The fourth-order valence-corrected chi connectivity index (χ4v) is 1.53. The van der Waals surface area contributed by atoms with Gasteiger partial charge < -0.3 is 5.11 Å². The summed E-state index contributed by atoms with van der Waals surface area (Å²) in [7, 11) is 0. The summed E-state index contributed by atoms with van der Waals surface area (Å²) in [5.74, 6) is -1.15. The van der Waals surface area contributed by atoms with Gasteiger partial charge in [-0.05, 0) is 17.9 Å². The van der Waals surface area contributed by atoms with E-state index in [-0.39, 0.29) is 11.8 Å². The molecule has 0 aliphatic carbocycles. The molecule has 0 saturated heterocycles. The van der Waals surface area contributed by atoms with Crippen molar-refractivity contribution in [3.8, 4) is 0 Å². The van der Waals surface area contributed by atoms with Crippen LogP contribution < -0.4 is 0 Å². The molecule has 1 aromatic carbocycles. The summed E-state index contributed by atoms with van der Waals surface area (Å²) in [6.07, 6.45) is 2.26. The molecule has 0 fully saturated rings. The third kappa shape index (κ3) is 3.24. The molecule has 0 aromatic heterocycles. The van der Waals surface area contributed by atoms with Crippen molar-refractivity contribution in [2.75, 3.05) is 0 Å². The molecule has 0 amide bonds. The van der Waals surface area contributed by atoms with Crippen molar-refractivity contribution in [1.82, 2.24) is 0 Å². The SMILES string of the molecule is C=C[C@@H](C)[C@@H](Cc1ccccc1)C(=O)O. The molecule has 2 nitrogen and oxygen atoms in total. The summed E-state index contributed by atoms with van der Waals surface area (Å²) < 4.78 is 0. The Labute approximate surface area is 90.3 Å². The van der Waals surface area contributed by atoms with Crippen LogP contribution in [0.25, 0.3) is 0 Å². The largest absolute Gasteiger partial charge is 0.481 e. The van der Waals surface area contributed by atoms with Gasteiger partial charge in [0.05, 0.1) is 5.92 Å². The van der Waals surface area contributed by atoms with Crippen LogP contribution in [0.1, 0.15) is 12.5 Å². The number of aliphatic carboxylic acids is 1. The molecule has 1 N–H and O–H groups in total. The van der Waals surface area contributed by atoms with Crippen LogP contribution >= 0.6 is 0 Å². The summed E-state index contributed by atoms with van der Waals surface area (Å²) in [6.45, 7) is 5.53. The lowest BCUT2D eigenvalue weighted by Crippen LogP contribution is -2.22. The first-order chi connectivity index (χ1) is 7.15. The maximum absolute atomic E-state index is 11.1. The smallest absolute Gasteiger partial charge is 0.307 e. The van der Waals surface area contributed by atoms with Gasteiger partial charge in [0.2, 0.25) is 0 Å². The average Bonchev–Trinajstić information content (AvgIpc) is 2.26. The van der Waals surface area contributed by atoms with Gasteiger partial charge in [0.15, 0.2) is 0 Å². The molecule has 0 unspecified atom stereocenters. The van der Waals surface area contributed by atoms with Crippen molar-refractivity contribution in [2.24, 2.45) is 11.8 Å². The highest BCUT2D eigenvalue weighted by Crippen LogP contribution is 2.18. The second-order valence-corrected chi connectivity index (χ2v) is 3.73. The fraction of sp³-hybridized carbons (Fsp3) is 0.308. The van der Waals surface area contributed by atoms with Crippen LogP contribution in [-0.4, -0.2) is 11.1 Å². The average molecular weight is 204 g/mol. The monoisotopic (exact) mass is 204 g/mol.